The smallest absolute Gasteiger partial charge is 0.319 e. The van der Waals surface area contributed by atoms with Gasteiger partial charge < -0.3 is 21.1 Å². The van der Waals surface area contributed by atoms with E-state index in [1.54, 1.807) is 28.9 Å². The first kappa shape index (κ1) is 22.4. The monoisotopic (exact) mass is 474 g/mol. The second kappa shape index (κ2) is 10.2. The summed E-state index contributed by atoms with van der Waals surface area (Å²) in [6, 6.07) is 14.0. The van der Waals surface area contributed by atoms with Crippen LogP contribution in [0.25, 0.3) is 16.9 Å². The summed E-state index contributed by atoms with van der Waals surface area (Å²) in [6.07, 6.45) is 0. The molecule has 1 aromatic heterocycles. The van der Waals surface area contributed by atoms with Gasteiger partial charge in [-0.05, 0) is 36.4 Å². The van der Waals surface area contributed by atoms with Crippen molar-refractivity contribution in [2.24, 2.45) is 0 Å². The van der Waals surface area contributed by atoms with E-state index in [2.05, 4.69) is 20.6 Å². The van der Waals surface area contributed by atoms with Crippen LogP contribution in [-0.4, -0.2) is 60.1 Å². The fraction of sp³-hybridized carbons (Fsp3) is 0.273. The Labute approximate surface area is 196 Å². The van der Waals surface area contributed by atoms with E-state index in [-0.39, 0.29) is 6.03 Å². The minimum atomic E-state index is -0.351. The van der Waals surface area contributed by atoms with Gasteiger partial charge in [-0.3, -0.25) is 4.90 Å². The van der Waals surface area contributed by atoms with E-state index in [1.807, 2.05) is 24.3 Å². The average Bonchev–Trinajstić information content (AvgIpc) is 3.11. The standard InChI is InChI=1S/C22H24Cl2N6O2/c23-16-3-1-15(2-4-16)19-20(21(25)30(28-19)18-7-5-17(24)6-8-18)27-22(31)26-9-10-29-11-13-32-14-12-29/h1-8H,9-14,25H2,(H2,26,27,31). The number of anilines is 2. The molecule has 1 saturated heterocycles. The fourth-order valence-electron chi connectivity index (χ4n) is 3.45. The number of urea groups is 1. The van der Waals surface area contributed by atoms with Crippen LogP contribution in [0, 0.1) is 0 Å². The van der Waals surface area contributed by atoms with E-state index in [0.29, 0.717) is 33.8 Å². The molecule has 1 aliphatic rings. The highest BCUT2D eigenvalue weighted by molar-refractivity contribution is 6.30. The van der Waals surface area contributed by atoms with Crippen molar-refractivity contribution in [1.29, 1.82) is 0 Å². The first-order chi connectivity index (χ1) is 15.5. The van der Waals surface area contributed by atoms with E-state index in [9.17, 15) is 4.79 Å². The van der Waals surface area contributed by atoms with Crippen LogP contribution >= 0.6 is 23.2 Å². The summed E-state index contributed by atoms with van der Waals surface area (Å²) < 4.78 is 6.92. The zero-order valence-electron chi connectivity index (χ0n) is 17.4. The van der Waals surface area contributed by atoms with Crippen LogP contribution in [0.15, 0.2) is 48.5 Å². The molecule has 0 aliphatic carbocycles. The molecule has 0 atom stereocenters. The van der Waals surface area contributed by atoms with Gasteiger partial charge in [0.25, 0.3) is 0 Å². The van der Waals surface area contributed by atoms with Gasteiger partial charge in [-0.2, -0.15) is 5.10 Å². The Morgan fingerprint density at radius 2 is 1.66 bits per heavy atom. The van der Waals surface area contributed by atoms with Gasteiger partial charge >= 0.3 is 6.03 Å². The van der Waals surface area contributed by atoms with Gasteiger partial charge in [0.05, 0.1) is 18.9 Å². The molecular weight excluding hydrogens is 451 g/mol. The number of aromatic nitrogens is 2. The molecule has 1 aliphatic heterocycles. The molecule has 2 heterocycles. The molecule has 0 spiro atoms. The lowest BCUT2D eigenvalue weighted by Crippen LogP contribution is -2.42. The maximum absolute atomic E-state index is 12.6. The molecule has 3 aromatic rings. The number of carbonyl (C=O) groups excluding carboxylic acids is 1. The maximum Gasteiger partial charge on any atom is 0.319 e. The van der Waals surface area contributed by atoms with E-state index in [4.69, 9.17) is 33.7 Å². The Morgan fingerprint density at radius 1 is 1.03 bits per heavy atom. The summed E-state index contributed by atoms with van der Waals surface area (Å²) in [4.78, 5) is 14.9. The number of halogens is 2. The Balaban J connectivity index is 1.55. The fourth-order valence-corrected chi connectivity index (χ4v) is 3.71. The van der Waals surface area contributed by atoms with Crippen LogP contribution in [0.5, 0.6) is 0 Å². The molecule has 0 unspecified atom stereocenters. The summed E-state index contributed by atoms with van der Waals surface area (Å²) in [5, 5.41) is 11.6. The number of hydrogen-bond acceptors (Lipinski definition) is 5. The number of amides is 2. The van der Waals surface area contributed by atoms with E-state index >= 15 is 0 Å². The van der Waals surface area contributed by atoms with Gasteiger partial charge in [-0.1, -0.05) is 35.3 Å². The molecule has 4 rings (SSSR count). The highest BCUT2D eigenvalue weighted by Crippen LogP contribution is 2.34. The van der Waals surface area contributed by atoms with Gasteiger partial charge in [0, 0.05) is 41.8 Å². The lowest BCUT2D eigenvalue weighted by molar-refractivity contribution is 0.0388. The average molecular weight is 475 g/mol. The summed E-state index contributed by atoms with van der Waals surface area (Å²) in [5.74, 6) is 0.306. The third-order valence-corrected chi connectivity index (χ3v) is 5.67. The first-order valence-corrected chi connectivity index (χ1v) is 11.0. The third kappa shape index (κ3) is 5.34. The molecule has 8 nitrogen and oxygen atoms in total. The molecule has 2 amide bonds. The number of nitrogens with zero attached hydrogens (tertiary/aromatic N) is 3. The Hall–Kier alpha value is -2.78. The van der Waals surface area contributed by atoms with Crippen molar-refractivity contribution in [3.63, 3.8) is 0 Å². The second-order valence-corrected chi connectivity index (χ2v) is 8.21. The van der Waals surface area contributed by atoms with Crippen molar-refractivity contribution in [2.45, 2.75) is 0 Å². The van der Waals surface area contributed by atoms with Gasteiger partial charge in [0.1, 0.15) is 11.4 Å². The number of ether oxygens (including phenoxy) is 1. The lowest BCUT2D eigenvalue weighted by Gasteiger charge is -2.26. The number of nitrogen functional groups attached to an aromatic ring is 1. The zero-order valence-corrected chi connectivity index (χ0v) is 18.9. The van der Waals surface area contributed by atoms with Crippen molar-refractivity contribution < 1.29 is 9.53 Å². The van der Waals surface area contributed by atoms with Gasteiger partial charge in [0.2, 0.25) is 0 Å². The molecule has 1 fully saturated rings. The number of hydrogen-bond donors (Lipinski definition) is 3. The predicted molar refractivity (Wildman–Crippen MR) is 128 cm³/mol. The number of benzene rings is 2. The van der Waals surface area contributed by atoms with Crippen molar-refractivity contribution in [3.8, 4) is 16.9 Å². The van der Waals surface area contributed by atoms with Crippen LogP contribution in [-0.2, 0) is 4.74 Å². The number of rotatable bonds is 6. The highest BCUT2D eigenvalue weighted by Gasteiger charge is 2.20. The lowest BCUT2D eigenvalue weighted by atomic mass is 10.1. The molecule has 0 saturated carbocycles. The van der Waals surface area contributed by atoms with Crippen molar-refractivity contribution in [3.05, 3.63) is 58.6 Å². The van der Waals surface area contributed by atoms with E-state index < -0.39 is 0 Å². The normalized spacial score (nSPS) is 14.3. The SMILES string of the molecule is Nc1c(NC(=O)NCCN2CCOCC2)c(-c2ccc(Cl)cc2)nn1-c1ccc(Cl)cc1. The summed E-state index contributed by atoms with van der Waals surface area (Å²) in [7, 11) is 0. The number of carbonyl (C=O) groups is 1. The van der Waals surface area contributed by atoms with Crippen LogP contribution in [0.2, 0.25) is 10.0 Å². The molecule has 168 valence electrons. The first-order valence-electron chi connectivity index (χ1n) is 10.3. The van der Waals surface area contributed by atoms with Gasteiger partial charge in [-0.25, -0.2) is 9.48 Å². The van der Waals surface area contributed by atoms with Gasteiger partial charge in [-0.15, -0.1) is 0 Å². The molecule has 32 heavy (non-hydrogen) atoms. The van der Waals surface area contributed by atoms with E-state index in [0.717, 1.165) is 44.1 Å². The van der Waals surface area contributed by atoms with Gasteiger partial charge in [0.15, 0.2) is 5.82 Å². The Kier molecular flexibility index (Phi) is 7.16. The topological polar surface area (TPSA) is 97.4 Å². The van der Waals surface area contributed by atoms with Crippen molar-refractivity contribution in [1.82, 2.24) is 20.0 Å². The highest BCUT2D eigenvalue weighted by atomic mass is 35.5. The third-order valence-electron chi connectivity index (χ3n) is 5.17. The minimum absolute atomic E-state index is 0.306. The predicted octanol–water partition coefficient (Wildman–Crippen LogP) is 3.88. The van der Waals surface area contributed by atoms with Crippen LogP contribution in [0.4, 0.5) is 16.3 Å². The quantitative estimate of drug-likeness (QED) is 0.503. The van der Waals surface area contributed by atoms with Crippen LogP contribution < -0.4 is 16.4 Å². The molecule has 0 bridgehead atoms. The molecular formula is C22H24Cl2N6O2. The molecule has 2 aromatic carbocycles. The van der Waals surface area contributed by atoms with Crippen molar-refractivity contribution in [2.75, 3.05) is 50.4 Å². The number of nitrogens with two attached hydrogens (primary N) is 1. The summed E-state index contributed by atoms with van der Waals surface area (Å²) in [5.41, 5.74) is 8.87. The number of nitrogens with one attached hydrogen (secondary N) is 2. The molecule has 0 radical (unpaired) electrons. The van der Waals surface area contributed by atoms with E-state index in [1.165, 1.54) is 0 Å². The Bertz CT molecular complexity index is 1060. The van der Waals surface area contributed by atoms with Crippen molar-refractivity contribution >= 4 is 40.7 Å². The minimum Gasteiger partial charge on any atom is -0.382 e. The summed E-state index contributed by atoms with van der Waals surface area (Å²) >= 11 is 12.0. The summed E-state index contributed by atoms with van der Waals surface area (Å²) in [6.45, 7) is 4.43. The largest absolute Gasteiger partial charge is 0.382 e. The molecule has 10 heteroatoms. The van der Waals surface area contributed by atoms with Crippen LogP contribution in [0.3, 0.4) is 0 Å². The molecule has 4 N–H and O–H groups in total. The maximum atomic E-state index is 12.6. The Morgan fingerprint density at radius 3 is 2.31 bits per heavy atom. The zero-order chi connectivity index (χ0) is 22.5. The van der Waals surface area contributed by atoms with Crippen LogP contribution in [0.1, 0.15) is 0 Å². The second-order valence-electron chi connectivity index (χ2n) is 7.34. The number of morpholine rings is 1.